The number of nitrogens with one attached hydrogen (secondary N) is 1. The van der Waals surface area contributed by atoms with Crippen molar-refractivity contribution in [2.75, 3.05) is 31.8 Å². The number of ether oxygens (including phenoxy) is 2. The first-order valence-electron chi connectivity index (χ1n) is 14.0. The number of halogens is 5. The van der Waals surface area contributed by atoms with E-state index in [1.165, 1.54) is 0 Å². The molecule has 0 saturated carbocycles. The molecular formula is C32H29F5N4O4. The predicted molar refractivity (Wildman–Crippen MR) is 156 cm³/mol. The van der Waals surface area contributed by atoms with E-state index in [2.05, 4.69) is 15.3 Å². The molecule has 1 aliphatic rings. The molecule has 1 amide bonds. The summed E-state index contributed by atoms with van der Waals surface area (Å²) in [5.74, 6) is -4.41. The van der Waals surface area contributed by atoms with E-state index in [0.29, 0.717) is 23.5 Å². The largest absolute Gasteiger partial charge is 0.467 e. The lowest BCUT2D eigenvalue weighted by molar-refractivity contribution is -0.167. The molecule has 5 rings (SSSR count). The van der Waals surface area contributed by atoms with Crippen molar-refractivity contribution in [3.8, 4) is 11.4 Å². The molecule has 2 heterocycles. The molecule has 13 heteroatoms. The lowest BCUT2D eigenvalue weighted by Gasteiger charge is -2.38. The van der Waals surface area contributed by atoms with Crippen LogP contribution < -0.4 is 10.2 Å². The molecule has 0 aliphatic carbocycles. The molecule has 0 unspecified atom stereocenters. The van der Waals surface area contributed by atoms with Crippen LogP contribution in [0.3, 0.4) is 0 Å². The number of nitrogens with zero attached hydrogens (tertiary/aromatic N) is 3. The topological polar surface area (TPSA) is 93.7 Å². The Morgan fingerprint density at radius 1 is 1.09 bits per heavy atom. The molecule has 3 aromatic carbocycles. The van der Waals surface area contributed by atoms with E-state index in [0.717, 1.165) is 39.6 Å². The number of carbonyl (C=O) groups is 2. The summed E-state index contributed by atoms with van der Waals surface area (Å²) in [4.78, 5) is 35.7. The Balaban J connectivity index is 1.44. The summed E-state index contributed by atoms with van der Waals surface area (Å²) in [6.45, 7) is 2.74. The Morgan fingerprint density at radius 2 is 1.78 bits per heavy atom. The van der Waals surface area contributed by atoms with Crippen LogP contribution in [0.5, 0.6) is 0 Å². The second-order valence-corrected chi connectivity index (χ2v) is 10.6. The van der Waals surface area contributed by atoms with E-state index in [4.69, 9.17) is 9.47 Å². The average molecular weight is 629 g/mol. The number of aryl methyl sites for hydroxylation is 2. The highest BCUT2D eigenvalue weighted by atomic mass is 19.4. The van der Waals surface area contributed by atoms with Gasteiger partial charge in [-0.2, -0.15) is 13.2 Å². The number of hydrogen-bond acceptors (Lipinski definition) is 7. The van der Waals surface area contributed by atoms with Crippen molar-refractivity contribution >= 4 is 28.3 Å². The highest BCUT2D eigenvalue weighted by Gasteiger charge is 2.46. The molecule has 4 aromatic rings. The van der Waals surface area contributed by atoms with Gasteiger partial charge in [0.05, 0.1) is 20.3 Å². The third kappa shape index (κ3) is 6.58. The fourth-order valence-corrected chi connectivity index (χ4v) is 5.30. The lowest BCUT2D eigenvalue weighted by atomic mass is 9.94. The molecule has 0 bridgehead atoms. The third-order valence-electron chi connectivity index (χ3n) is 7.79. The van der Waals surface area contributed by atoms with E-state index in [9.17, 15) is 22.8 Å². The zero-order chi connectivity index (χ0) is 32.5. The molecule has 1 N–H and O–H groups in total. The number of anilines is 1. The van der Waals surface area contributed by atoms with Gasteiger partial charge in [0.15, 0.2) is 5.82 Å². The van der Waals surface area contributed by atoms with Gasteiger partial charge in [-0.05, 0) is 47.9 Å². The minimum absolute atomic E-state index is 0.0772. The second kappa shape index (κ2) is 12.8. The van der Waals surface area contributed by atoms with Gasteiger partial charge in [0.2, 0.25) is 0 Å². The first-order chi connectivity index (χ1) is 21.4. The van der Waals surface area contributed by atoms with E-state index < -0.39 is 59.6 Å². The van der Waals surface area contributed by atoms with E-state index in [-0.39, 0.29) is 19.6 Å². The Morgan fingerprint density at radius 3 is 2.42 bits per heavy atom. The smallest absolute Gasteiger partial charge is 0.411 e. The molecule has 0 spiro atoms. The monoisotopic (exact) mass is 628 g/mol. The van der Waals surface area contributed by atoms with Gasteiger partial charge in [-0.3, -0.25) is 4.79 Å². The van der Waals surface area contributed by atoms with Gasteiger partial charge in [-0.1, -0.05) is 36.4 Å². The molecule has 45 heavy (non-hydrogen) atoms. The van der Waals surface area contributed by atoms with Crippen LogP contribution in [0.4, 0.5) is 27.6 Å². The number of methoxy groups -OCH3 is 1. The highest BCUT2D eigenvalue weighted by Crippen LogP contribution is 2.33. The molecule has 1 aromatic heterocycles. The number of hydrogen-bond donors (Lipinski definition) is 1. The SMILES string of the molecule is COC(=O)[C@H](Cc1ccc(-c2ncc(C)c(C)n2)c2ccccc12)NC(=O)c1c(F)cc(N2CCOC[C@@H]2C(F)(F)F)cc1F. The lowest BCUT2D eigenvalue weighted by Crippen LogP contribution is -2.53. The van der Waals surface area contributed by atoms with Crippen LogP contribution in [0.1, 0.15) is 27.2 Å². The van der Waals surface area contributed by atoms with Gasteiger partial charge in [0.1, 0.15) is 29.3 Å². The summed E-state index contributed by atoms with van der Waals surface area (Å²) in [6.07, 6.45) is -3.09. The maximum absolute atomic E-state index is 15.2. The summed E-state index contributed by atoms with van der Waals surface area (Å²) in [5, 5.41) is 3.85. The molecule has 2 atom stereocenters. The minimum Gasteiger partial charge on any atom is -0.467 e. The third-order valence-corrected chi connectivity index (χ3v) is 7.79. The van der Waals surface area contributed by atoms with E-state index >= 15 is 8.78 Å². The van der Waals surface area contributed by atoms with Crippen molar-refractivity contribution in [1.29, 1.82) is 0 Å². The molecule has 1 saturated heterocycles. The molecular weight excluding hydrogens is 599 g/mol. The number of benzene rings is 3. The van der Waals surface area contributed by atoms with Gasteiger partial charge < -0.3 is 19.7 Å². The Labute approximate surface area is 255 Å². The zero-order valence-corrected chi connectivity index (χ0v) is 24.5. The normalized spacial score (nSPS) is 16.0. The molecule has 0 radical (unpaired) electrons. The number of aromatic nitrogens is 2. The van der Waals surface area contributed by atoms with Crippen LogP contribution in [0.25, 0.3) is 22.2 Å². The van der Waals surface area contributed by atoms with E-state index in [1.54, 1.807) is 24.4 Å². The van der Waals surface area contributed by atoms with Crippen LogP contribution in [0.2, 0.25) is 0 Å². The quantitative estimate of drug-likeness (QED) is 0.214. The van der Waals surface area contributed by atoms with Crippen LogP contribution >= 0.6 is 0 Å². The first kappa shape index (κ1) is 31.8. The van der Waals surface area contributed by atoms with Crippen LogP contribution in [-0.4, -0.2) is 67.0 Å². The zero-order valence-electron chi connectivity index (χ0n) is 24.5. The number of morpholine rings is 1. The van der Waals surface area contributed by atoms with Crippen molar-refractivity contribution in [3.05, 3.63) is 88.7 Å². The second-order valence-electron chi connectivity index (χ2n) is 10.6. The number of amides is 1. The summed E-state index contributed by atoms with van der Waals surface area (Å²) >= 11 is 0. The number of fused-ring (bicyclic) bond motifs is 1. The standard InChI is InChI=1S/C32H29F5N4O4/c1-17-15-38-29(39-18(17)2)23-9-8-19(21-6-4-5-7-22(21)23)12-26(31(43)44-3)40-30(42)28-24(33)13-20(14-25(28)34)41-10-11-45-16-27(41)32(35,36)37/h4-9,13-15,26-27H,10-12,16H2,1-3H3,(H,40,42)/t26-,27+/m0/s1. The fraction of sp³-hybridized carbons (Fsp3) is 0.312. The minimum atomic E-state index is -4.72. The summed E-state index contributed by atoms with van der Waals surface area (Å²) in [5.41, 5.74) is 1.68. The number of rotatable bonds is 7. The van der Waals surface area contributed by atoms with Crippen molar-refractivity contribution in [2.24, 2.45) is 0 Å². The molecule has 1 aliphatic heterocycles. The highest BCUT2D eigenvalue weighted by molar-refractivity contribution is 5.99. The van der Waals surface area contributed by atoms with Gasteiger partial charge in [0, 0.05) is 36.1 Å². The first-order valence-corrected chi connectivity index (χ1v) is 14.0. The van der Waals surface area contributed by atoms with Crippen LogP contribution in [-0.2, 0) is 20.7 Å². The van der Waals surface area contributed by atoms with E-state index in [1.807, 2.05) is 32.0 Å². The number of carbonyl (C=O) groups excluding carboxylic acids is 2. The number of esters is 1. The number of alkyl halides is 3. The fourth-order valence-electron chi connectivity index (χ4n) is 5.30. The molecule has 1 fully saturated rings. The maximum atomic E-state index is 15.2. The van der Waals surface area contributed by atoms with Crippen LogP contribution in [0.15, 0.2) is 54.7 Å². The Bertz CT molecular complexity index is 1740. The van der Waals surface area contributed by atoms with Gasteiger partial charge >= 0.3 is 12.1 Å². The Hall–Kier alpha value is -4.65. The van der Waals surface area contributed by atoms with Crippen molar-refractivity contribution in [3.63, 3.8) is 0 Å². The Kier molecular flexibility index (Phi) is 9.01. The van der Waals surface area contributed by atoms with Crippen molar-refractivity contribution < 1.29 is 41.0 Å². The average Bonchev–Trinajstić information content (AvgIpc) is 3.01. The van der Waals surface area contributed by atoms with Crippen LogP contribution in [0, 0.1) is 25.5 Å². The summed E-state index contributed by atoms with van der Waals surface area (Å²) in [6, 6.07) is 8.70. The predicted octanol–water partition coefficient (Wildman–Crippen LogP) is 5.47. The van der Waals surface area contributed by atoms with Gasteiger partial charge in [0.25, 0.3) is 5.91 Å². The van der Waals surface area contributed by atoms with Gasteiger partial charge in [-0.25, -0.2) is 23.5 Å². The van der Waals surface area contributed by atoms with Crippen molar-refractivity contribution in [1.82, 2.24) is 15.3 Å². The summed E-state index contributed by atoms with van der Waals surface area (Å²) in [7, 11) is 1.11. The van der Waals surface area contributed by atoms with Gasteiger partial charge in [-0.15, -0.1) is 0 Å². The molecule has 8 nitrogen and oxygen atoms in total. The maximum Gasteiger partial charge on any atom is 0.411 e. The molecule has 236 valence electrons. The van der Waals surface area contributed by atoms with Crippen molar-refractivity contribution in [2.45, 2.75) is 38.5 Å². The summed E-state index contributed by atoms with van der Waals surface area (Å²) < 4.78 is 80.8.